The molecule has 0 saturated carbocycles. The number of aromatic nitrogens is 2. The number of benzene rings is 2. The van der Waals surface area contributed by atoms with Crippen LogP contribution in [0.25, 0.3) is 33.2 Å². The van der Waals surface area contributed by atoms with Crippen molar-refractivity contribution in [3.63, 3.8) is 0 Å². The van der Waals surface area contributed by atoms with E-state index in [1.807, 2.05) is 54.6 Å². The molecule has 0 aliphatic carbocycles. The van der Waals surface area contributed by atoms with Crippen LogP contribution in [0.5, 0.6) is 0 Å². The van der Waals surface area contributed by atoms with Gasteiger partial charge in [0.15, 0.2) is 22.2 Å². The van der Waals surface area contributed by atoms with E-state index in [9.17, 15) is 13.6 Å². The summed E-state index contributed by atoms with van der Waals surface area (Å²) in [6.07, 6.45) is 5.96. The molecule has 4 aromatic rings. The SMILES string of the molecule is CC(C)(c1cc(-c2cccc(-c3ccc[n+]([O-])c3)c2)c2ncccc2c1)S(C)(=O)=O. The zero-order valence-corrected chi connectivity index (χ0v) is 17.8. The first-order valence-corrected chi connectivity index (χ1v) is 11.4. The zero-order chi connectivity index (χ0) is 21.5. The fourth-order valence-corrected chi connectivity index (χ4v) is 4.01. The minimum atomic E-state index is -3.34. The molecule has 5 nitrogen and oxygen atoms in total. The van der Waals surface area contributed by atoms with Crippen molar-refractivity contribution in [2.24, 2.45) is 0 Å². The van der Waals surface area contributed by atoms with Gasteiger partial charge < -0.3 is 5.21 Å². The predicted octanol–water partition coefficient (Wildman–Crippen LogP) is 4.48. The molecule has 0 bridgehead atoms. The largest absolute Gasteiger partial charge is 0.619 e. The number of hydrogen-bond acceptors (Lipinski definition) is 4. The summed E-state index contributed by atoms with van der Waals surface area (Å²) in [5.41, 5.74) is 4.97. The molecule has 0 amide bonds. The van der Waals surface area contributed by atoms with E-state index in [0.29, 0.717) is 5.56 Å². The van der Waals surface area contributed by atoms with E-state index in [0.717, 1.165) is 37.9 Å². The normalized spacial score (nSPS) is 12.2. The Morgan fingerprint density at radius 3 is 2.40 bits per heavy atom. The number of sulfone groups is 1. The highest BCUT2D eigenvalue weighted by atomic mass is 32.2. The van der Waals surface area contributed by atoms with E-state index in [1.165, 1.54) is 18.6 Å². The standard InChI is InChI=1S/C24H22N2O3S/c1-24(2,30(3,28)29)21-14-19-9-5-11-25-23(19)22(15-21)18-8-4-7-17(13-18)20-10-6-12-26(27)16-20/h4-16H,1-3H3. The summed E-state index contributed by atoms with van der Waals surface area (Å²) in [6, 6.07) is 19.0. The maximum atomic E-state index is 12.5. The molecular weight excluding hydrogens is 396 g/mol. The Kier molecular flexibility index (Phi) is 4.82. The highest BCUT2D eigenvalue weighted by Gasteiger charge is 2.33. The molecule has 0 N–H and O–H groups in total. The first-order valence-electron chi connectivity index (χ1n) is 9.55. The summed E-state index contributed by atoms with van der Waals surface area (Å²) in [5, 5.41) is 12.6. The highest BCUT2D eigenvalue weighted by Crippen LogP contribution is 2.37. The summed E-state index contributed by atoms with van der Waals surface area (Å²) in [4.78, 5) is 4.56. The quantitative estimate of drug-likeness (QED) is 0.362. The van der Waals surface area contributed by atoms with Gasteiger partial charge in [-0.2, -0.15) is 4.73 Å². The van der Waals surface area contributed by atoms with Crippen LogP contribution in [0.15, 0.2) is 79.3 Å². The topological polar surface area (TPSA) is 74.0 Å². The molecule has 4 rings (SSSR count). The molecule has 0 fully saturated rings. The van der Waals surface area contributed by atoms with E-state index < -0.39 is 14.6 Å². The summed E-state index contributed by atoms with van der Waals surface area (Å²) in [6.45, 7) is 3.44. The average Bonchev–Trinajstić information content (AvgIpc) is 2.72. The van der Waals surface area contributed by atoms with Gasteiger partial charge >= 0.3 is 0 Å². The molecule has 0 unspecified atom stereocenters. The molecule has 0 spiro atoms. The molecule has 2 aromatic heterocycles. The second-order valence-electron chi connectivity index (χ2n) is 7.91. The molecule has 0 saturated heterocycles. The van der Waals surface area contributed by atoms with Crippen LogP contribution in [0.3, 0.4) is 0 Å². The van der Waals surface area contributed by atoms with Gasteiger partial charge in [0.05, 0.1) is 10.3 Å². The highest BCUT2D eigenvalue weighted by molar-refractivity contribution is 7.91. The van der Waals surface area contributed by atoms with Crippen molar-refractivity contribution in [3.05, 3.63) is 90.0 Å². The Balaban J connectivity index is 1.96. The monoisotopic (exact) mass is 418 g/mol. The van der Waals surface area contributed by atoms with Crippen molar-refractivity contribution in [2.45, 2.75) is 18.6 Å². The van der Waals surface area contributed by atoms with Gasteiger partial charge in [-0.25, -0.2) is 8.42 Å². The van der Waals surface area contributed by atoms with Crippen LogP contribution in [0.1, 0.15) is 19.4 Å². The molecular formula is C24H22N2O3S. The summed E-state index contributed by atoms with van der Waals surface area (Å²) >= 11 is 0. The molecule has 30 heavy (non-hydrogen) atoms. The van der Waals surface area contributed by atoms with Gasteiger partial charge in [-0.05, 0) is 60.9 Å². The van der Waals surface area contributed by atoms with Gasteiger partial charge in [0.1, 0.15) is 0 Å². The Labute approximate surface area is 176 Å². The molecule has 0 aliphatic heterocycles. The van der Waals surface area contributed by atoms with Crippen molar-refractivity contribution in [1.29, 1.82) is 0 Å². The fraction of sp³-hybridized carbons (Fsp3) is 0.167. The van der Waals surface area contributed by atoms with Gasteiger partial charge in [-0.1, -0.05) is 24.3 Å². The molecule has 0 aliphatic rings. The lowest BCUT2D eigenvalue weighted by Gasteiger charge is -2.24. The first kappa shape index (κ1) is 20.0. The van der Waals surface area contributed by atoms with Crippen molar-refractivity contribution in [1.82, 2.24) is 4.98 Å². The lowest BCUT2D eigenvalue weighted by Crippen LogP contribution is -2.28. The second-order valence-corrected chi connectivity index (χ2v) is 10.5. The van der Waals surface area contributed by atoms with Crippen LogP contribution >= 0.6 is 0 Å². The third-order valence-electron chi connectivity index (χ3n) is 5.61. The number of nitrogens with zero attached hydrogens (tertiary/aromatic N) is 2. The number of rotatable bonds is 4. The van der Waals surface area contributed by atoms with E-state index in [2.05, 4.69) is 4.98 Å². The third-order valence-corrected chi connectivity index (χ3v) is 7.70. The third kappa shape index (κ3) is 3.55. The number of fused-ring (bicyclic) bond motifs is 1. The van der Waals surface area contributed by atoms with Crippen molar-refractivity contribution in [3.8, 4) is 22.3 Å². The maximum Gasteiger partial charge on any atom is 0.188 e. The van der Waals surface area contributed by atoms with Crippen LogP contribution in [0.4, 0.5) is 0 Å². The minimum absolute atomic E-state index is 0.711. The van der Waals surface area contributed by atoms with E-state index in [4.69, 9.17) is 0 Å². The van der Waals surface area contributed by atoms with Crippen LogP contribution in [0, 0.1) is 5.21 Å². The molecule has 2 aromatic carbocycles. The smallest absolute Gasteiger partial charge is 0.188 e. The average molecular weight is 419 g/mol. The van der Waals surface area contributed by atoms with Crippen molar-refractivity contribution < 1.29 is 13.1 Å². The van der Waals surface area contributed by atoms with E-state index in [-0.39, 0.29) is 0 Å². The van der Waals surface area contributed by atoms with Crippen molar-refractivity contribution in [2.75, 3.05) is 6.26 Å². The zero-order valence-electron chi connectivity index (χ0n) is 17.0. The van der Waals surface area contributed by atoms with Gasteiger partial charge in [-0.3, -0.25) is 4.98 Å². The predicted molar refractivity (Wildman–Crippen MR) is 119 cm³/mol. The lowest BCUT2D eigenvalue weighted by molar-refractivity contribution is -0.604. The molecule has 0 radical (unpaired) electrons. The van der Waals surface area contributed by atoms with Crippen LogP contribution in [-0.2, 0) is 14.6 Å². The van der Waals surface area contributed by atoms with Gasteiger partial charge in [0.25, 0.3) is 0 Å². The molecule has 6 heteroatoms. The maximum absolute atomic E-state index is 12.5. The van der Waals surface area contributed by atoms with Gasteiger partial charge in [0, 0.05) is 35.0 Å². The van der Waals surface area contributed by atoms with Crippen LogP contribution in [-0.4, -0.2) is 19.7 Å². The Bertz CT molecular complexity index is 1360. The van der Waals surface area contributed by atoms with E-state index >= 15 is 0 Å². The summed E-state index contributed by atoms with van der Waals surface area (Å²) in [5.74, 6) is 0. The molecule has 152 valence electrons. The summed E-state index contributed by atoms with van der Waals surface area (Å²) in [7, 11) is -3.34. The molecule has 0 atom stereocenters. The van der Waals surface area contributed by atoms with Crippen LogP contribution < -0.4 is 4.73 Å². The van der Waals surface area contributed by atoms with E-state index in [1.54, 1.807) is 26.1 Å². The van der Waals surface area contributed by atoms with Crippen molar-refractivity contribution >= 4 is 20.7 Å². The Hall–Kier alpha value is -3.25. The Morgan fingerprint density at radius 2 is 1.67 bits per heavy atom. The Morgan fingerprint density at radius 1 is 0.933 bits per heavy atom. The van der Waals surface area contributed by atoms with Gasteiger partial charge in [-0.15, -0.1) is 0 Å². The number of pyridine rings is 2. The lowest BCUT2D eigenvalue weighted by atomic mass is 9.92. The fourth-order valence-electron chi connectivity index (χ4n) is 3.47. The second kappa shape index (κ2) is 7.22. The first-order chi connectivity index (χ1) is 14.2. The minimum Gasteiger partial charge on any atom is -0.619 e. The van der Waals surface area contributed by atoms with Crippen LogP contribution in [0.2, 0.25) is 0 Å². The number of hydrogen-bond donors (Lipinski definition) is 0. The molecule has 2 heterocycles. The summed E-state index contributed by atoms with van der Waals surface area (Å²) < 4.78 is 24.6. The van der Waals surface area contributed by atoms with Gasteiger partial charge in [0.2, 0.25) is 0 Å².